The van der Waals surface area contributed by atoms with Crippen molar-refractivity contribution in [1.29, 1.82) is 0 Å². The summed E-state index contributed by atoms with van der Waals surface area (Å²) in [5.41, 5.74) is -3.14. The molecule has 4 aliphatic carbocycles. The number of epoxide rings is 1. The Labute approximate surface area is 376 Å². The first kappa shape index (κ1) is 41.9. The third-order valence-corrected chi connectivity index (χ3v) is 19.8. The van der Waals surface area contributed by atoms with Gasteiger partial charge in [-0.1, -0.05) is 56.2 Å². The Morgan fingerprint density at radius 1 is 0.969 bits per heavy atom. The molecule has 17 unspecified atom stereocenters. The molecule has 12 heteroatoms. The molecule has 64 heavy (non-hydrogen) atoms. The number of ketones is 1. The molecule has 4 saturated carbocycles. The van der Waals surface area contributed by atoms with Crippen LogP contribution in [0, 0.1) is 63.6 Å². The molecule has 6 aliphatic heterocycles. The Morgan fingerprint density at radius 3 is 2.64 bits per heavy atom. The highest BCUT2D eigenvalue weighted by molar-refractivity contribution is 5.92. The SMILES string of the molecule is CC1(C)OC2CC(=O)OCC23C1C(=O)C(O)C1(C2CCCC(Cc4ccccc4)C2)C3CCC2(C)C(c3ccoc3CC(CO)C3CCC4C(C=CN5CNCC45)C3)OC(=O)C3OC321. The van der Waals surface area contributed by atoms with Gasteiger partial charge in [0.25, 0.3) is 0 Å². The standard InChI is InChI=1S/C52H66N2O10/c1-48(2)43-42(57)44(58)51(34-11-7-10-30(21-34)20-29-8-5-4-6-9-29)39(50(43)27-61-41(56)24-40(50)63-48)14-17-49(3)45(62-47(59)46-52(49,51)64-46)36-16-19-60-38(36)23-33(26-55)31-12-13-35-32(22-31)15-18-54-28-53-25-37(35)54/h4-6,8-9,15-16,18-19,30-35,37,39-40,43-46,53,55,58H,7,10-14,17,20-28H2,1-3H3. The van der Waals surface area contributed by atoms with E-state index in [1.54, 1.807) is 6.26 Å². The predicted octanol–water partition coefficient (Wildman–Crippen LogP) is 6.08. The summed E-state index contributed by atoms with van der Waals surface area (Å²) in [4.78, 5) is 45.9. The molecule has 9 fully saturated rings. The number of hydrogen-bond acceptors (Lipinski definition) is 12. The van der Waals surface area contributed by atoms with Crippen LogP contribution in [0.1, 0.15) is 108 Å². The summed E-state index contributed by atoms with van der Waals surface area (Å²) in [6.07, 6.45) is 11.8. The molecule has 12 rings (SSSR count). The second-order valence-corrected chi connectivity index (χ2v) is 22.7. The molecule has 1 aromatic heterocycles. The first-order valence-corrected chi connectivity index (χ1v) is 24.7. The van der Waals surface area contributed by atoms with Gasteiger partial charge in [0.2, 0.25) is 0 Å². The van der Waals surface area contributed by atoms with Gasteiger partial charge in [-0.15, -0.1) is 0 Å². The van der Waals surface area contributed by atoms with E-state index in [2.05, 4.69) is 53.7 Å². The largest absolute Gasteiger partial charge is 0.469 e. The fourth-order valence-electron chi connectivity index (χ4n) is 17.4. The number of carbonyl (C=O) groups is 3. The van der Waals surface area contributed by atoms with Crippen LogP contribution < -0.4 is 5.32 Å². The van der Waals surface area contributed by atoms with Crippen molar-refractivity contribution >= 4 is 17.7 Å². The highest BCUT2D eigenvalue weighted by Crippen LogP contribution is 2.82. The lowest BCUT2D eigenvalue weighted by molar-refractivity contribution is -0.276. The van der Waals surface area contributed by atoms with Crippen molar-refractivity contribution in [1.82, 2.24) is 10.2 Å². The summed E-state index contributed by atoms with van der Waals surface area (Å²) in [5.74, 6) is 0.0144. The van der Waals surface area contributed by atoms with Gasteiger partial charge >= 0.3 is 11.9 Å². The summed E-state index contributed by atoms with van der Waals surface area (Å²) in [6, 6.07) is 13.0. The molecule has 5 saturated heterocycles. The van der Waals surface area contributed by atoms with Crippen LogP contribution in [0.25, 0.3) is 0 Å². The van der Waals surface area contributed by atoms with Crippen molar-refractivity contribution in [3.8, 4) is 0 Å². The summed E-state index contributed by atoms with van der Waals surface area (Å²) < 4.78 is 33.0. The number of ether oxygens (including phenoxy) is 4. The van der Waals surface area contributed by atoms with E-state index in [0.29, 0.717) is 54.7 Å². The highest BCUT2D eigenvalue weighted by Gasteiger charge is 2.93. The van der Waals surface area contributed by atoms with Gasteiger partial charge in [-0.05, 0) is 124 Å². The molecule has 2 aromatic rings. The lowest BCUT2D eigenvalue weighted by Crippen LogP contribution is -2.79. The number of cyclic esters (lactones) is 2. The van der Waals surface area contributed by atoms with E-state index in [-0.39, 0.29) is 49.1 Å². The smallest absolute Gasteiger partial charge is 0.339 e. The molecule has 12 nitrogen and oxygen atoms in total. The van der Waals surface area contributed by atoms with E-state index in [9.17, 15) is 19.8 Å². The number of nitrogens with zero attached hydrogens (tertiary/aromatic N) is 1. The summed E-state index contributed by atoms with van der Waals surface area (Å²) >= 11 is 0. The van der Waals surface area contributed by atoms with Gasteiger partial charge in [0, 0.05) is 47.4 Å². The Bertz CT molecular complexity index is 2230. The van der Waals surface area contributed by atoms with Gasteiger partial charge in [-0.25, -0.2) is 4.79 Å². The first-order chi connectivity index (χ1) is 30.9. The normalized spacial score (nSPS) is 46.6. The number of aliphatic hydroxyl groups is 2. The highest BCUT2D eigenvalue weighted by atomic mass is 16.7. The zero-order valence-corrected chi connectivity index (χ0v) is 37.6. The molecule has 2 spiro atoms. The topological polar surface area (TPSA) is 160 Å². The molecule has 10 aliphatic rings. The quantitative estimate of drug-likeness (QED) is 0.208. The molecule has 1 aromatic carbocycles. The van der Waals surface area contributed by atoms with Crippen LogP contribution in [-0.4, -0.2) is 94.8 Å². The van der Waals surface area contributed by atoms with Crippen molar-refractivity contribution in [2.45, 2.75) is 139 Å². The third kappa shape index (κ3) is 5.55. The number of fused-ring (bicyclic) bond motifs is 4. The minimum Gasteiger partial charge on any atom is -0.469 e. The zero-order chi connectivity index (χ0) is 44.0. The lowest BCUT2D eigenvalue weighted by Gasteiger charge is -2.70. The fourth-order valence-corrected chi connectivity index (χ4v) is 17.4. The van der Waals surface area contributed by atoms with E-state index in [1.807, 2.05) is 26.0 Å². The number of benzene rings is 1. The Hall–Kier alpha value is -3.55. The van der Waals surface area contributed by atoms with E-state index in [0.717, 1.165) is 70.1 Å². The van der Waals surface area contributed by atoms with E-state index >= 15 is 4.79 Å². The van der Waals surface area contributed by atoms with Gasteiger partial charge in [-0.2, -0.15) is 0 Å². The number of Topliss-reactive ketones (excluding diaryl/α,β-unsaturated/α-hetero) is 1. The van der Waals surface area contributed by atoms with E-state index < -0.39 is 63.8 Å². The van der Waals surface area contributed by atoms with Gasteiger partial charge in [0.1, 0.15) is 30.2 Å². The van der Waals surface area contributed by atoms with Crippen LogP contribution in [0.4, 0.5) is 0 Å². The molecule has 17 atom stereocenters. The van der Waals surface area contributed by atoms with E-state index in [1.165, 1.54) is 5.56 Å². The van der Waals surface area contributed by atoms with Gasteiger partial charge in [-0.3, -0.25) is 14.9 Å². The molecule has 0 amide bonds. The Kier molecular flexibility index (Phi) is 9.63. The van der Waals surface area contributed by atoms with Crippen LogP contribution in [0.5, 0.6) is 0 Å². The van der Waals surface area contributed by atoms with Crippen molar-refractivity contribution in [3.63, 3.8) is 0 Å². The number of allylic oxidation sites excluding steroid dienone is 1. The van der Waals surface area contributed by atoms with E-state index in [4.69, 9.17) is 23.4 Å². The minimum absolute atomic E-state index is 0.0260. The molecule has 0 radical (unpaired) electrons. The maximum Gasteiger partial charge on any atom is 0.339 e. The number of furan rings is 1. The summed E-state index contributed by atoms with van der Waals surface area (Å²) in [7, 11) is 0. The monoisotopic (exact) mass is 878 g/mol. The molecule has 7 heterocycles. The van der Waals surface area contributed by atoms with Crippen molar-refractivity contribution in [2.75, 3.05) is 26.4 Å². The van der Waals surface area contributed by atoms with Crippen LogP contribution in [0.3, 0.4) is 0 Å². The van der Waals surface area contributed by atoms with Crippen molar-refractivity contribution < 1.29 is 48.0 Å². The second-order valence-electron chi connectivity index (χ2n) is 22.7. The number of hydrogen-bond donors (Lipinski definition) is 3. The Morgan fingerprint density at radius 2 is 1.81 bits per heavy atom. The molecular formula is C52H66N2O10. The van der Waals surface area contributed by atoms with Crippen LogP contribution in [0.2, 0.25) is 0 Å². The van der Waals surface area contributed by atoms with Gasteiger partial charge in [0.15, 0.2) is 11.9 Å². The van der Waals surface area contributed by atoms with Crippen molar-refractivity contribution in [2.24, 2.45) is 63.6 Å². The number of esters is 2. The molecule has 0 bridgehead atoms. The van der Waals surface area contributed by atoms with Gasteiger partial charge < -0.3 is 38.5 Å². The second kappa shape index (κ2) is 14.7. The van der Waals surface area contributed by atoms with Crippen LogP contribution >= 0.6 is 0 Å². The zero-order valence-electron chi connectivity index (χ0n) is 37.6. The first-order valence-electron chi connectivity index (χ1n) is 24.7. The lowest BCUT2D eigenvalue weighted by atomic mass is 9.32. The summed E-state index contributed by atoms with van der Waals surface area (Å²) in [6.45, 7) is 7.99. The summed E-state index contributed by atoms with van der Waals surface area (Å²) in [5, 5.41) is 28.0. The minimum atomic E-state index is -1.44. The van der Waals surface area contributed by atoms with Gasteiger partial charge in [0.05, 0.1) is 37.0 Å². The number of carbonyl (C=O) groups excluding carboxylic acids is 3. The molecular weight excluding hydrogens is 813 g/mol. The maximum absolute atomic E-state index is 15.6. The van der Waals surface area contributed by atoms with Crippen LogP contribution in [0.15, 0.2) is 59.4 Å². The maximum atomic E-state index is 15.6. The fraction of sp³-hybridized carbons (Fsp3) is 0.712. The number of nitrogens with one attached hydrogen (secondary N) is 1. The number of rotatable bonds is 8. The average Bonchev–Trinajstić information content (AvgIpc) is 3.52. The predicted molar refractivity (Wildman–Crippen MR) is 232 cm³/mol. The number of aliphatic hydroxyl groups excluding tert-OH is 2. The molecule has 3 N–H and O–H groups in total. The average molecular weight is 879 g/mol. The molecule has 344 valence electrons. The third-order valence-electron chi connectivity index (χ3n) is 19.8. The van der Waals surface area contributed by atoms with Crippen LogP contribution in [-0.2, 0) is 46.2 Å². The van der Waals surface area contributed by atoms with Crippen molar-refractivity contribution in [3.05, 3.63) is 71.8 Å². The Balaban J connectivity index is 0.936.